The molecule has 0 saturated heterocycles. The molecule has 1 heterocycles. The van der Waals surface area contributed by atoms with Crippen LogP contribution in [0, 0.1) is 0 Å². The second-order valence-corrected chi connectivity index (χ2v) is 4.06. The molecule has 2 aromatic rings. The number of carbonyl (C=O) groups excluding carboxylic acids is 2. The van der Waals surface area contributed by atoms with Crippen molar-refractivity contribution in [2.75, 3.05) is 18.9 Å². The van der Waals surface area contributed by atoms with Crippen molar-refractivity contribution < 1.29 is 9.59 Å². The topological polar surface area (TPSA) is 78.1 Å². The number of likely N-dealkylation sites (N-methyl/N-ethyl adjacent to an activating group) is 1. The van der Waals surface area contributed by atoms with Gasteiger partial charge in [0.1, 0.15) is 0 Å². The van der Waals surface area contributed by atoms with Gasteiger partial charge in [0.05, 0.1) is 18.3 Å². The smallest absolute Gasteiger partial charge is 0.257 e. The van der Waals surface area contributed by atoms with Gasteiger partial charge in [-0.25, -0.2) is 0 Å². The number of para-hydroxylation sites is 1. The average molecular weight is 258 g/mol. The minimum absolute atomic E-state index is 0.0150. The normalized spacial score (nSPS) is 9.95. The number of carbonyl (C=O) groups is 2. The highest BCUT2D eigenvalue weighted by Crippen LogP contribution is 2.05. The van der Waals surface area contributed by atoms with Crippen molar-refractivity contribution in [1.82, 2.24) is 15.1 Å². The first-order valence-corrected chi connectivity index (χ1v) is 5.76. The summed E-state index contributed by atoms with van der Waals surface area (Å²) in [5.74, 6) is -0.498. The summed E-state index contributed by atoms with van der Waals surface area (Å²) in [6.07, 6.45) is 2.92. The maximum atomic E-state index is 11.9. The predicted octanol–water partition coefficient (Wildman–Crippen LogP) is 1.12. The number of rotatable bonds is 4. The van der Waals surface area contributed by atoms with Crippen LogP contribution < -0.4 is 5.32 Å². The van der Waals surface area contributed by atoms with Crippen LogP contribution in [-0.2, 0) is 4.79 Å². The maximum absolute atomic E-state index is 11.9. The lowest BCUT2D eigenvalue weighted by molar-refractivity contribution is -0.116. The van der Waals surface area contributed by atoms with E-state index in [-0.39, 0.29) is 18.4 Å². The largest absolute Gasteiger partial charge is 0.332 e. The first kappa shape index (κ1) is 12.8. The third-order valence-electron chi connectivity index (χ3n) is 2.53. The van der Waals surface area contributed by atoms with Gasteiger partial charge in [-0.05, 0) is 12.1 Å². The lowest BCUT2D eigenvalue weighted by Crippen LogP contribution is -2.34. The number of hydrogen-bond acceptors (Lipinski definition) is 3. The molecule has 0 unspecified atom stereocenters. The second-order valence-electron chi connectivity index (χ2n) is 4.06. The van der Waals surface area contributed by atoms with E-state index in [2.05, 4.69) is 15.5 Å². The summed E-state index contributed by atoms with van der Waals surface area (Å²) in [6.45, 7) is -0.0150. The molecule has 0 aliphatic carbocycles. The SMILES string of the molecule is CN(CC(=O)Nc1ccccc1)C(=O)c1cn[nH]c1. The van der Waals surface area contributed by atoms with Gasteiger partial charge in [0.15, 0.2) is 0 Å². The Hall–Kier alpha value is -2.63. The van der Waals surface area contributed by atoms with Crippen LogP contribution in [0.4, 0.5) is 5.69 Å². The molecule has 1 aromatic heterocycles. The van der Waals surface area contributed by atoms with Gasteiger partial charge >= 0.3 is 0 Å². The summed E-state index contributed by atoms with van der Waals surface area (Å²) in [5.41, 5.74) is 1.13. The van der Waals surface area contributed by atoms with E-state index in [9.17, 15) is 9.59 Å². The summed E-state index contributed by atoms with van der Waals surface area (Å²) in [7, 11) is 1.57. The average Bonchev–Trinajstić information content (AvgIpc) is 2.92. The van der Waals surface area contributed by atoms with Crippen LogP contribution in [0.1, 0.15) is 10.4 Å². The van der Waals surface area contributed by atoms with E-state index in [0.29, 0.717) is 11.3 Å². The van der Waals surface area contributed by atoms with E-state index < -0.39 is 0 Å². The molecule has 0 aliphatic rings. The van der Waals surface area contributed by atoms with E-state index in [1.54, 1.807) is 19.2 Å². The number of aromatic nitrogens is 2. The van der Waals surface area contributed by atoms with Gasteiger partial charge in [-0.3, -0.25) is 14.7 Å². The number of hydrogen-bond donors (Lipinski definition) is 2. The van der Waals surface area contributed by atoms with Crippen molar-refractivity contribution in [2.24, 2.45) is 0 Å². The van der Waals surface area contributed by atoms with Crippen LogP contribution in [0.2, 0.25) is 0 Å². The zero-order valence-corrected chi connectivity index (χ0v) is 10.5. The van der Waals surface area contributed by atoms with E-state index in [0.717, 1.165) is 0 Å². The maximum Gasteiger partial charge on any atom is 0.257 e. The molecular weight excluding hydrogens is 244 g/mol. The molecule has 0 spiro atoms. The Morgan fingerprint density at radius 2 is 2.05 bits per heavy atom. The molecule has 2 amide bonds. The van der Waals surface area contributed by atoms with Crippen molar-refractivity contribution in [2.45, 2.75) is 0 Å². The van der Waals surface area contributed by atoms with Crippen molar-refractivity contribution in [3.8, 4) is 0 Å². The lowest BCUT2D eigenvalue weighted by Gasteiger charge is -2.15. The Balaban J connectivity index is 1.90. The van der Waals surface area contributed by atoms with Gasteiger partial charge < -0.3 is 10.2 Å². The Bertz CT molecular complexity index is 551. The number of H-pyrrole nitrogens is 1. The zero-order valence-electron chi connectivity index (χ0n) is 10.5. The Labute approximate surface area is 110 Å². The Kier molecular flexibility index (Phi) is 3.92. The fourth-order valence-electron chi connectivity index (χ4n) is 1.60. The van der Waals surface area contributed by atoms with Gasteiger partial charge in [-0.1, -0.05) is 18.2 Å². The van der Waals surface area contributed by atoms with Crippen molar-refractivity contribution in [3.05, 3.63) is 48.3 Å². The van der Waals surface area contributed by atoms with Gasteiger partial charge in [0.25, 0.3) is 5.91 Å². The highest BCUT2D eigenvalue weighted by atomic mass is 16.2. The molecule has 0 aliphatic heterocycles. The van der Waals surface area contributed by atoms with Crippen LogP contribution >= 0.6 is 0 Å². The fraction of sp³-hybridized carbons (Fsp3) is 0.154. The molecule has 6 heteroatoms. The number of nitrogens with zero attached hydrogens (tertiary/aromatic N) is 2. The lowest BCUT2D eigenvalue weighted by atomic mass is 10.3. The molecule has 0 fully saturated rings. The van der Waals surface area contributed by atoms with E-state index in [4.69, 9.17) is 0 Å². The zero-order chi connectivity index (χ0) is 13.7. The molecule has 0 saturated carbocycles. The van der Waals surface area contributed by atoms with Crippen LogP contribution in [0.3, 0.4) is 0 Å². The first-order chi connectivity index (χ1) is 9.16. The molecule has 6 nitrogen and oxygen atoms in total. The van der Waals surface area contributed by atoms with Gasteiger partial charge in [0, 0.05) is 18.9 Å². The van der Waals surface area contributed by atoms with Crippen LogP contribution in [0.15, 0.2) is 42.7 Å². The summed E-state index contributed by atoms with van der Waals surface area (Å²) in [5, 5.41) is 8.98. The van der Waals surface area contributed by atoms with Gasteiger partial charge in [0.2, 0.25) is 5.91 Å². The molecular formula is C13H14N4O2. The quantitative estimate of drug-likeness (QED) is 0.862. The van der Waals surface area contributed by atoms with Crippen LogP contribution in [-0.4, -0.2) is 40.5 Å². The highest BCUT2D eigenvalue weighted by Gasteiger charge is 2.15. The Morgan fingerprint density at radius 3 is 2.68 bits per heavy atom. The molecule has 0 bridgehead atoms. The van der Waals surface area contributed by atoms with Crippen LogP contribution in [0.5, 0.6) is 0 Å². The third-order valence-corrected chi connectivity index (χ3v) is 2.53. The van der Waals surface area contributed by atoms with E-state index in [1.807, 2.05) is 18.2 Å². The highest BCUT2D eigenvalue weighted by molar-refractivity contribution is 5.98. The summed E-state index contributed by atoms with van der Waals surface area (Å²) < 4.78 is 0. The molecule has 19 heavy (non-hydrogen) atoms. The number of aromatic amines is 1. The minimum atomic E-state index is -0.253. The van der Waals surface area contributed by atoms with Crippen LogP contribution in [0.25, 0.3) is 0 Å². The monoisotopic (exact) mass is 258 g/mol. The molecule has 0 radical (unpaired) electrons. The number of anilines is 1. The predicted molar refractivity (Wildman–Crippen MR) is 70.6 cm³/mol. The van der Waals surface area contributed by atoms with Gasteiger partial charge in [-0.2, -0.15) is 5.10 Å². The molecule has 98 valence electrons. The second kappa shape index (κ2) is 5.81. The summed E-state index contributed by atoms with van der Waals surface area (Å²) in [4.78, 5) is 25.0. The number of nitrogens with one attached hydrogen (secondary N) is 2. The van der Waals surface area contributed by atoms with E-state index in [1.165, 1.54) is 17.3 Å². The van der Waals surface area contributed by atoms with Crippen molar-refractivity contribution in [3.63, 3.8) is 0 Å². The molecule has 0 atom stereocenters. The van der Waals surface area contributed by atoms with E-state index >= 15 is 0 Å². The standard InChI is InChI=1S/C13H14N4O2/c1-17(13(19)10-7-14-15-8-10)9-12(18)16-11-5-3-2-4-6-11/h2-8H,9H2,1H3,(H,14,15)(H,16,18). The molecule has 2 rings (SSSR count). The number of benzene rings is 1. The third kappa shape index (κ3) is 3.41. The summed E-state index contributed by atoms with van der Waals surface area (Å²) in [6, 6.07) is 9.10. The van der Waals surface area contributed by atoms with Crippen molar-refractivity contribution in [1.29, 1.82) is 0 Å². The molecule has 2 N–H and O–H groups in total. The summed E-state index contributed by atoms with van der Waals surface area (Å²) >= 11 is 0. The Morgan fingerprint density at radius 1 is 1.32 bits per heavy atom. The fourth-order valence-corrected chi connectivity index (χ4v) is 1.60. The van der Waals surface area contributed by atoms with Gasteiger partial charge in [-0.15, -0.1) is 0 Å². The first-order valence-electron chi connectivity index (χ1n) is 5.76. The number of amides is 2. The minimum Gasteiger partial charge on any atom is -0.332 e. The van der Waals surface area contributed by atoms with Crippen molar-refractivity contribution >= 4 is 17.5 Å². The molecule has 1 aromatic carbocycles.